The molecule has 44 heavy (non-hydrogen) atoms. The van der Waals surface area contributed by atoms with Crippen molar-refractivity contribution in [1.82, 2.24) is 10.3 Å². The van der Waals surface area contributed by atoms with Gasteiger partial charge in [0.1, 0.15) is 12.1 Å². The van der Waals surface area contributed by atoms with Gasteiger partial charge < -0.3 is 25.4 Å². The van der Waals surface area contributed by atoms with Gasteiger partial charge in [-0.15, -0.1) is 0 Å². The molecule has 0 aliphatic heterocycles. The Morgan fingerprint density at radius 3 is 2.41 bits per heavy atom. The summed E-state index contributed by atoms with van der Waals surface area (Å²) in [5.41, 5.74) is 12.1. The van der Waals surface area contributed by atoms with E-state index >= 15 is 0 Å². The van der Waals surface area contributed by atoms with Gasteiger partial charge >= 0.3 is 5.97 Å². The average molecular weight is 701 g/mol. The summed E-state index contributed by atoms with van der Waals surface area (Å²) >= 11 is 17.4. The van der Waals surface area contributed by atoms with E-state index in [1.165, 1.54) is 25.2 Å². The number of carboxylic acids is 1. The van der Waals surface area contributed by atoms with E-state index in [0.717, 1.165) is 40.7 Å². The van der Waals surface area contributed by atoms with E-state index in [1.54, 1.807) is 6.07 Å². The molecule has 3 aromatic carbocycles. The highest BCUT2D eigenvalue weighted by Crippen LogP contribution is 2.41. The number of ether oxygens (including phenoxy) is 2. The van der Waals surface area contributed by atoms with Gasteiger partial charge in [0.2, 0.25) is 11.8 Å². The fraction of sp³-hybridized carbons (Fsp3) is 0.273. The standard InChI is InChI=1S/C33H32BrCl2N3O5/c1-33(17-40,32(41)42)38-15-22-14-27(34)31(39-30(22)43-2)44-16-20-5-3-7-25(28(20)35)26-8-4-6-24(29(26)36)19-10-9-18-12-23(37)13-21(18)11-19/h3-11,14,23,38,40H,12-13,15-17,37H2,1-2H3,(H,41,42)/t23-,33+/m0/s1. The van der Waals surface area contributed by atoms with Gasteiger partial charge in [-0.3, -0.25) is 10.1 Å². The lowest BCUT2D eigenvalue weighted by Gasteiger charge is -2.24. The van der Waals surface area contributed by atoms with Crippen molar-refractivity contribution < 1.29 is 24.5 Å². The van der Waals surface area contributed by atoms with Gasteiger partial charge in [0.05, 0.1) is 28.2 Å². The van der Waals surface area contributed by atoms with Gasteiger partial charge in [0.15, 0.2) is 0 Å². The molecule has 1 heterocycles. The zero-order valence-corrected chi connectivity index (χ0v) is 27.3. The minimum Gasteiger partial charge on any atom is -0.481 e. The summed E-state index contributed by atoms with van der Waals surface area (Å²) in [5, 5.41) is 22.9. The number of benzene rings is 3. The number of aromatic nitrogens is 1. The first-order valence-corrected chi connectivity index (χ1v) is 15.5. The third-order valence-electron chi connectivity index (χ3n) is 7.85. The van der Waals surface area contributed by atoms with E-state index in [9.17, 15) is 15.0 Å². The summed E-state index contributed by atoms with van der Waals surface area (Å²) in [7, 11) is 1.46. The maximum absolute atomic E-state index is 11.5. The van der Waals surface area contributed by atoms with Gasteiger partial charge in [-0.05, 0) is 58.5 Å². The van der Waals surface area contributed by atoms with Crippen LogP contribution in [0.1, 0.15) is 29.2 Å². The first-order valence-electron chi connectivity index (χ1n) is 13.9. The largest absolute Gasteiger partial charge is 0.481 e. The maximum Gasteiger partial charge on any atom is 0.326 e. The molecule has 4 aromatic rings. The molecular weight excluding hydrogens is 669 g/mol. The second-order valence-electron chi connectivity index (χ2n) is 11.0. The Morgan fingerprint density at radius 2 is 1.70 bits per heavy atom. The minimum absolute atomic E-state index is 0.0884. The topological polar surface area (TPSA) is 127 Å². The van der Waals surface area contributed by atoms with E-state index in [0.29, 0.717) is 20.1 Å². The van der Waals surface area contributed by atoms with Crippen molar-refractivity contribution in [2.24, 2.45) is 5.73 Å². The van der Waals surface area contributed by atoms with Crippen molar-refractivity contribution in [2.75, 3.05) is 13.7 Å². The number of hydrogen-bond acceptors (Lipinski definition) is 7. The summed E-state index contributed by atoms with van der Waals surface area (Å²) in [6.07, 6.45) is 1.75. The summed E-state index contributed by atoms with van der Waals surface area (Å²) in [6.45, 7) is 1.01. The fourth-order valence-corrected chi connectivity index (χ4v) is 6.31. The zero-order valence-electron chi connectivity index (χ0n) is 24.2. The second kappa shape index (κ2) is 13.4. The molecule has 0 saturated carbocycles. The molecule has 0 saturated heterocycles. The Morgan fingerprint density at radius 1 is 1.02 bits per heavy atom. The fourth-order valence-electron chi connectivity index (χ4n) is 5.22. The highest BCUT2D eigenvalue weighted by atomic mass is 79.9. The van der Waals surface area contributed by atoms with Crippen molar-refractivity contribution >= 4 is 45.1 Å². The number of pyridine rings is 1. The van der Waals surface area contributed by atoms with Gasteiger partial charge in [0.25, 0.3) is 0 Å². The third kappa shape index (κ3) is 6.59. The van der Waals surface area contributed by atoms with Crippen molar-refractivity contribution in [3.8, 4) is 34.0 Å². The summed E-state index contributed by atoms with van der Waals surface area (Å²) in [4.78, 5) is 16.0. The zero-order chi connectivity index (χ0) is 31.6. The van der Waals surface area contributed by atoms with Crippen molar-refractivity contribution in [2.45, 2.75) is 44.5 Å². The Bertz CT molecular complexity index is 1720. The van der Waals surface area contributed by atoms with Crippen LogP contribution in [0.5, 0.6) is 11.8 Å². The Hall–Kier alpha value is -3.18. The number of carbonyl (C=O) groups is 1. The molecule has 0 unspecified atom stereocenters. The number of nitrogens with one attached hydrogen (secondary N) is 1. The number of carboxylic acid groups (broad SMARTS) is 1. The molecule has 1 aliphatic rings. The first kappa shape index (κ1) is 32.2. The predicted molar refractivity (Wildman–Crippen MR) is 176 cm³/mol. The van der Waals surface area contributed by atoms with E-state index < -0.39 is 18.1 Å². The number of fused-ring (bicyclic) bond motifs is 1. The Balaban J connectivity index is 1.37. The molecule has 0 spiro atoms. The monoisotopic (exact) mass is 699 g/mol. The SMILES string of the molecule is COc1nc(OCc2cccc(-c3cccc(-c4ccc5c(c4)C[C@@H](N)C5)c3Cl)c2Cl)c(Br)cc1CN[C@](C)(CO)C(=O)O. The van der Waals surface area contributed by atoms with Crippen LogP contribution in [-0.4, -0.2) is 46.5 Å². The molecule has 0 fully saturated rings. The average Bonchev–Trinajstić information content (AvgIpc) is 3.39. The quantitative estimate of drug-likeness (QED) is 0.141. The molecule has 1 aromatic heterocycles. The van der Waals surface area contributed by atoms with Gasteiger partial charge in [0, 0.05) is 40.4 Å². The number of rotatable bonds is 11. The highest BCUT2D eigenvalue weighted by molar-refractivity contribution is 9.10. The summed E-state index contributed by atoms with van der Waals surface area (Å²) < 4.78 is 12.0. The van der Waals surface area contributed by atoms with Gasteiger partial charge in [-0.25, -0.2) is 0 Å². The first-order chi connectivity index (χ1) is 21.0. The molecule has 5 N–H and O–H groups in total. The number of aliphatic hydroxyl groups is 1. The Kier molecular flexibility index (Phi) is 9.84. The molecule has 5 rings (SSSR count). The van der Waals surface area contributed by atoms with Crippen molar-refractivity contribution in [1.29, 1.82) is 0 Å². The molecule has 1 aliphatic carbocycles. The highest BCUT2D eigenvalue weighted by Gasteiger charge is 2.32. The van der Waals surface area contributed by atoms with Crippen molar-refractivity contribution in [3.05, 3.63) is 97.4 Å². The van der Waals surface area contributed by atoms with Crippen LogP contribution in [0, 0.1) is 0 Å². The van der Waals surface area contributed by atoms with Crippen molar-refractivity contribution in [3.63, 3.8) is 0 Å². The lowest BCUT2D eigenvalue weighted by Crippen LogP contribution is -2.52. The summed E-state index contributed by atoms with van der Waals surface area (Å²) in [6, 6.07) is 19.9. The van der Waals surface area contributed by atoms with Crippen LogP contribution in [0.3, 0.4) is 0 Å². The van der Waals surface area contributed by atoms with Crippen LogP contribution in [-0.2, 0) is 30.8 Å². The lowest BCUT2D eigenvalue weighted by molar-refractivity contribution is -0.145. The van der Waals surface area contributed by atoms with Gasteiger partial charge in [-0.1, -0.05) is 77.8 Å². The van der Waals surface area contributed by atoms with Crippen LogP contribution in [0.25, 0.3) is 22.3 Å². The Labute approximate surface area is 274 Å². The van der Waals surface area contributed by atoms with Crippen LogP contribution in [0.4, 0.5) is 0 Å². The van der Waals surface area contributed by atoms with Crippen LogP contribution in [0.2, 0.25) is 10.0 Å². The number of aliphatic carboxylic acids is 1. The van der Waals surface area contributed by atoms with E-state index in [1.807, 2.05) is 36.4 Å². The van der Waals surface area contributed by atoms with E-state index in [-0.39, 0.29) is 31.0 Å². The van der Waals surface area contributed by atoms with E-state index in [2.05, 4.69) is 44.4 Å². The number of nitrogens with two attached hydrogens (primary N) is 1. The number of hydrogen-bond donors (Lipinski definition) is 4. The van der Waals surface area contributed by atoms with Crippen LogP contribution < -0.4 is 20.5 Å². The predicted octanol–water partition coefficient (Wildman–Crippen LogP) is 6.42. The minimum atomic E-state index is -1.52. The molecular formula is C33H32BrCl2N3O5. The summed E-state index contributed by atoms with van der Waals surface area (Å²) in [5.74, 6) is -0.656. The number of nitrogens with zero attached hydrogens (tertiary/aromatic N) is 1. The van der Waals surface area contributed by atoms with Gasteiger partial charge in [-0.2, -0.15) is 4.98 Å². The molecule has 11 heteroatoms. The normalized spacial score (nSPS) is 15.5. The van der Waals surface area contributed by atoms with E-state index in [4.69, 9.17) is 38.4 Å². The number of halogens is 3. The number of methoxy groups -OCH3 is 1. The third-order valence-corrected chi connectivity index (χ3v) is 9.27. The maximum atomic E-state index is 11.5. The smallest absolute Gasteiger partial charge is 0.326 e. The molecule has 230 valence electrons. The molecule has 0 amide bonds. The number of aliphatic hydroxyl groups excluding tert-OH is 1. The van der Waals surface area contributed by atoms with Crippen LogP contribution in [0.15, 0.2) is 65.1 Å². The molecule has 2 atom stereocenters. The molecule has 8 nitrogen and oxygen atoms in total. The van der Waals surface area contributed by atoms with Crippen LogP contribution >= 0.6 is 39.1 Å². The molecule has 0 bridgehead atoms. The second-order valence-corrected chi connectivity index (χ2v) is 12.6. The molecule has 0 radical (unpaired) electrons. The lowest BCUT2D eigenvalue weighted by atomic mass is 9.96.